The zero-order valence-corrected chi connectivity index (χ0v) is 7.01. The largest absolute Gasteiger partial charge is 0.113 e. The summed E-state index contributed by atoms with van der Waals surface area (Å²) >= 11 is 0. The maximum absolute atomic E-state index is 5.63. The fraction of sp³-hybridized carbons (Fsp3) is 0.400. The Bertz CT molecular complexity index is 218. The molecule has 0 bridgehead atoms. The van der Waals surface area contributed by atoms with Gasteiger partial charge in [0.25, 0.3) is 0 Å². The first-order valence-corrected chi connectivity index (χ1v) is 4.17. The van der Waals surface area contributed by atoms with Crippen molar-refractivity contribution in [2.75, 3.05) is 0 Å². The molecule has 0 aromatic heterocycles. The minimum absolute atomic E-state index is 0.874. The Balaban J connectivity index is 2.56. The molecule has 1 heteroatoms. The SMILES string of the molecule is [B]c1cccc(CCCC)c1. The van der Waals surface area contributed by atoms with Crippen LogP contribution in [0.15, 0.2) is 24.3 Å². The van der Waals surface area contributed by atoms with Gasteiger partial charge in [-0.2, -0.15) is 0 Å². The topological polar surface area (TPSA) is 0 Å². The number of benzene rings is 1. The fourth-order valence-corrected chi connectivity index (χ4v) is 1.13. The van der Waals surface area contributed by atoms with Gasteiger partial charge in [-0.1, -0.05) is 43.1 Å². The second kappa shape index (κ2) is 4.22. The van der Waals surface area contributed by atoms with Crippen LogP contribution in [0.5, 0.6) is 0 Å². The van der Waals surface area contributed by atoms with E-state index in [2.05, 4.69) is 19.1 Å². The molecule has 0 aliphatic heterocycles. The van der Waals surface area contributed by atoms with Crippen LogP contribution in [0, 0.1) is 0 Å². The van der Waals surface area contributed by atoms with Gasteiger partial charge in [0.1, 0.15) is 7.85 Å². The lowest BCUT2D eigenvalue weighted by Gasteiger charge is -2.00. The van der Waals surface area contributed by atoms with Crippen LogP contribution in [0.4, 0.5) is 0 Å². The number of aryl methyl sites for hydroxylation is 1. The van der Waals surface area contributed by atoms with Gasteiger partial charge in [0.2, 0.25) is 0 Å². The summed E-state index contributed by atoms with van der Waals surface area (Å²) in [6, 6.07) is 8.12. The molecule has 56 valence electrons. The van der Waals surface area contributed by atoms with Gasteiger partial charge in [-0.15, -0.1) is 0 Å². The molecule has 1 aromatic carbocycles. The van der Waals surface area contributed by atoms with E-state index >= 15 is 0 Å². The van der Waals surface area contributed by atoms with E-state index in [4.69, 9.17) is 7.85 Å². The maximum Gasteiger partial charge on any atom is 0.113 e. The molecular formula is C10H13B. The van der Waals surface area contributed by atoms with Crippen LogP contribution in [-0.2, 0) is 6.42 Å². The van der Waals surface area contributed by atoms with Crippen LogP contribution in [0.1, 0.15) is 25.3 Å². The highest BCUT2D eigenvalue weighted by Gasteiger charge is 1.90. The van der Waals surface area contributed by atoms with E-state index in [-0.39, 0.29) is 0 Å². The van der Waals surface area contributed by atoms with Crippen molar-refractivity contribution in [3.63, 3.8) is 0 Å². The zero-order valence-electron chi connectivity index (χ0n) is 7.01. The smallest absolute Gasteiger partial charge is 0.0964 e. The summed E-state index contributed by atoms with van der Waals surface area (Å²) in [7, 11) is 5.63. The standard InChI is InChI=1S/C10H13B/c1-2-3-5-9-6-4-7-10(11)8-9/h4,6-8H,2-3,5H2,1H3. The molecule has 1 rings (SSSR count). The molecule has 0 saturated heterocycles. The lowest BCUT2D eigenvalue weighted by molar-refractivity contribution is 0.795. The van der Waals surface area contributed by atoms with E-state index in [1.54, 1.807) is 0 Å². The minimum atomic E-state index is 0.874. The van der Waals surface area contributed by atoms with E-state index in [9.17, 15) is 0 Å². The number of unbranched alkanes of at least 4 members (excludes halogenated alkanes) is 1. The first-order valence-electron chi connectivity index (χ1n) is 4.17. The van der Waals surface area contributed by atoms with Crippen LogP contribution in [0.2, 0.25) is 0 Å². The molecule has 0 spiro atoms. The predicted octanol–water partition coefficient (Wildman–Crippen LogP) is 1.82. The highest BCUT2D eigenvalue weighted by molar-refractivity contribution is 6.32. The highest BCUT2D eigenvalue weighted by Crippen LogP contribution is 2.01. The molecule has 11 heavy (non-hydrogen) atoms. The molecule has 0 atom stereocenters. The van der Waals surface area contributed by atoms with Gasteiger partial charge in [-0.25, -0.2) is 0 Å². The molecule has 0 heterocycles. The number of hydrogen-bond donors (Lipinski definition) is 0. The van der Waals surface area contributed by atoms with Gasteiger partial charge < -0.3 is 0 Å². The average Bonchev–Trinajstić information content (AvgIpc) is 2.01. The Kier molecular flexibility index (Phi) is 3.22. The Morgan fingerprint density at radius 1 is 1.36 bits per heavy atom. The Morgan fingerprint density at radius 3 is 2.82 bits per heavy atom. The summed E-state index contributed by atoms with van der Waals surface area (Å²) in [5.74, 6) is 0. The van der Waals surface area contributed by atoms with Gasteiger partial charge in [0.05, 0.1) is 0 Å². The Morgan fingerprint density at radius 2 is 2.18 bits per heavy atom. The van der Waals surface area contributed by atoms with Crippen molar-refractivity contribution in [1.82, 2.24) is 0 Å². The minimum Gasteiger partial charge on any atom is -0.0964 e. The third-order valence-electron chi connectivity index (χ3n) is 1.77. The monoisotopic (exact) mass is 144 g/mol. The van der Waals surface area contributed by atoms with Crippen LogP contribution < -0.4 is 5.46 Å². The zero-order chi connectivity index (χ0) is 8.10. The molecule has 0 aliphatic rings. The van der Waals surface area contributed by atoms with Crippen molar-refractivity contribution >= 4 is 13.3 Å². The van der Waals surface area contributed by atoms with E-state index in [1.807, 2.05) is 12.1 Å². The van der Waals surface area contributed by atoms with Gasteiger partial charge in [0.15, 0.2) is 0 Å². The second-order valence-corrected chi connectivity index (χ2v) is 2.85. The van der Waals surface area contributed by atoms with E-state index in [1.165, 1.54) is 18.4 Å². The first kappa shape index (κ1) is 8.38. The first-order chi connectivity index (χ1) is 5.33. The van der Waals surface area contributed by atoms with Crippen molar-refractivity contribution in [2.45, 2.75) is 26.2 Å². The molecule has 0 aliphatic carbocycles. The van der Waals surface area contributed by atoms with Gasteiger partial charge >= 0.3 is 0 Å². The van der Waals surface area contributed by atoms with Gasteiger partial charge in [0, 0.05) is 0 Å². The second-order valence-electron chi connectivity index (χ2n) is 2.85. The molecule has 0 N–H and O–H groups in total. The van der Waals surface area contributed by atoms with Crippen LogP contribution in [0.3, 0.4) is 0 Å². The van der Waals surface area contributed by atoms with Crippen LogP contribution in [0.25, 0.3) is 0 Å². The van der Waals surface area contributed by atoms with Crippen LogP contribution >= 0.6 is 0 Å². The van der Waals surface area contributed by atoms with Gasteiger partial charge in [-0.3, -0.25) is 0 Å². The third-order valence-corrected chi connectivity index (χ3v) is 1.77. The third kappa shape index (κ3) is 2.79. The van der Waals surface area contributed by atoms with Crippen molar-refractivity contribution in [2.24, 2.45) is 0 Å². The average molecular weight is 144 g/mol. The quantitative estimate of drug-likeness (QED) is 0.567. The van der Waals surface area contributed by atoms with Crippen LogP contribution in [-0.4, -0.2) is 7.85 Å². The molecule has 0 saturated carbocycles. The van der Waals surface area contributed by atoms with Crippen molar-refractivity contribution in [3.8, 4) is 0 Å². The van der Waals surface area contributed by atoms with E-state index in [0.29, 0.717) is 0 Å². The molecule has 0 fully saturated rings. The maximum atomic E-state index is 5.63. The number of hydrogen-bond acceptors (Lipinski definition) is 0. The van der Waals surface area contributed by atoms with E-state index < -0.39 is 0 Å². The normalized spacial score (nSPS) is 9.91. The Labute approximate surface area is 70.0 Å². The highest BCUT2D eigenvalue weighted by atomic mass is 13.9. The summed E-state index contributed by atoms with van der Waals surface area (Å²) in [5, 5.41) is 0. The van der Waals surface area contributed by atoms with Gasteiger partial charge in [-0.05, 0) is 18.4 Å². The summed E-state index contributed by atoms with van der Waals surface area (Å²) in [4.78, 5) is 0. The lowest BCUT2D eigenvalue weighted by Crippen LogP contribution is -2.01. The fourth-order valence-electron chi connectivity index (χ4n) is 1.13. The summed E-state index contributed by atoms with van der Waals surface area (Å²) < 4.78 is 0. The summed E-state index contributed by atoms with van der Waals surface area (Å²) in [6.45, 7) is 2.20. The van der Waals surface area contributed by atoms with Crippen molar-refractivity contribution < 1.29 is 0 Å². The molecule has 2 radical (unpaired) electrons. The summed E-state index contributed by atoms with van der Waals surface area (Å²) in [5.41, 5.74) is 2.23. The molecule has 1 aromatic rings. The number of rotatable bonds is 3. The predicted molar refractivity (Wildman–Crippen MR) is 50.4 cm³/mol. The Hall–Kier alpha value is -0.715. The molecule has 0 unspecified atom stereocenters. The van der Waals surface area contributed by atoms with E-state index in [0.717, 1.165) is 11.9 Å². The molecule has 0 amide bonds. The lowest BCUT2D eigenvalue weighted by atomic mass is 9.93. The molecular weight excluding hydrogens is 131 g/mol. The van der Waals surface area contributed by atoms with Crippen molar-refractivity contribution in [3.05, 3.63) is 29.8 Å². The van der Waals surface area contributed by atoms with Crippen molar-refractivity contribution in [1.29, 1.82) is 0 Å². The summed E-state index contributed by atoms with van der Waals surface area (Å²) in [6.07, 6.45) is 3.65. The molecule has 0 nitrogen and oxygen atoms in total.